The van der Waals surface area contributed by atoms with Gasteiger partial charge in [-0.3, -0.25) is 4.98 Å². The zero-order valence-corrected chi connectivity index (χ0v) is 13.0. The van der Waals surface area contributed by atoms with Crippen molar-refractivity contribution in [3.05, 3.63) is 71.2 Å². The minimum Gasteiger partial charge on any atom is -0.388 e. The molecular formula is C19H16FN3O. The molecular weight excluding hydrogens is 305 g/mol. The second-order valence-corrected chi connectivity index (χ2v) is 6.50. The van der Waals surface area contributed by atoms with Gasteiger partial charge in [0.1, 0.15) is 11.9 Å². The number of halogens is 1. The number of hydrogen-bond donors (Lipinski definition) is 1. The van der Waals surface area contributed by atoms with Crippen LogP contribution in [-0.4, -0.2) is 19.6 Å². The van der Waals surface area contributed by atoms with Gasteiger partial charge in [0.25, 0.3) is 0 Å². The van der Waals surface area contributed by atoms with E-state index in [0.29, 0.717) is 0 Å². The number of rotatable bonds is 1. The molecule has 0 fully saturated rings. The van der Waals surface area contributed by atoms with Crippen molar-refractivity contribution in [3.8, 4) is 11.3 Å². The lowest BCUT2D eigenvalue weighted by Gasteiger charge is -2.26. The molecule has 1 aliphatic heterocycles. The third-order valence-electron chi connectivity index (χ3n) is 5.16. The van der Waals surface area contributed by atoms with Gasteiger partial charge in [-0.25, -0.2) is 9.37 Å². The summed E-state index contributed by atoms with van der Waals surface area (Å²) in [7, 11) is 0. The Morgan fingerprint density at radius 1 is 1.25 bits per heavy atom. The van der Waals surface area contributed by atoms with E-state index in [0.717, 1.165) is 52.9 Å². The number of hydrogen-bond acceptors (Lipinski definition) is 3. The lowest BCUT2D eigenvalue weighted by Crippen LogP contribution is -2.18. The fourth-order valence-electron chi connectivity index (χ4n) is 4.12. The molecule has 2 aromatic heterocycles. The van der Waals surface area contributed by atoms with Crippen molar-refractivity contribution in [2.24, 2.45) is 0 Å². The summed E-state index contributed by atoms with van der Waals surface area (Å²) in [4.78, 5) is 8.85. The van der Waals surface area contributed by atoms with Crippen molar-refractivity contribution in [3.63, 3.8) is 0 Å². The van der Waals surface area contributed by atoms with Crippen molar-refractivity contribution >= 4 is 0 Å². The predicted octanol–water partition coefficient (Wildman–Crippen LogP) is 3.41. The number of aryl methyl sites for hydroxylation is 1. The van der Waals surface area contributed by atoms with E-state index in [2.05, 4.69) is 9.97 Å². The molecule has 1 unspecified atom stereocenters. The van der Waals surface area contributed by atoms with Crippen molar-refractivity contribution in [2.45, 2.75) is 31.4 Å². The third-order valence-corrected chi connectivity index (χ3v) is 5.16. The molecule has 1 N–H and O–H groups in total. The monoisotopic (exact) mass is 321 g/mol. The second-order valence-electron chi connectivity index (χ2n) is 6.50. The standard InChI is InChI=1S/C19H16FN3O/c20-12-4-5-13-14(8-12)15-9-21-10-23(15)19(13)18-17-11(6-7-22-18)2-1-3-16(17)24/h4-10,16,19,24H,1-3H2/t16?,19-/m0/s1. The highest BCUT2D eigenvalue weighted by atomic mass is 19.1. The van der Waals surface area contributed by atoms with E-state index >= 15 is 0 Å². The highest BCUT2D eigenvalue weighted by molar-refractivity contribution is 5.71. The first kappa shape index (κ1) is 13.9. The van der Waals surface area contributed by atoms with E-state index in [1.165, 1.54) is 6.07 Å². The molecule has 24 heavy (non-hydrogen) atoms. The van der Waals surface area contributed by atoms with E-state index in [-0.39, 0.29) is 11.9 Å². The molecule has 0 radical (unpaired) electrons. The molecule has 5 heteroatoms. The summed E-state index contributed by atoms with van der Waals surface area (Å²) in [6.45, 7) is 0. The minimum atomic E-state index is -0.492. The summed E-state index contributed by atoms with van der Waals surface area (Å²) in [5, 5.41) is 10.6. The summed E-state index contributed by atoms with van der Waals surface area (Å²) in [5.41, 5.74) is 5.69. The number of aromatic nitrogens is 3. The van der Waals surface area contributed by atoms with Crippen LogP contribution in [0.1, 0.15) is 47.4 Å². The first-order valence-electron chi connectivity index (χ1n) is 8.21. The Balaban J connectivity index is 1.78. The van der Waals surface area contributed by atoms with Gasteiger partial charge in [-0.2, -0.15) is 0 Å². The average Bonchev–Trinajstić information content (AvgIpc) is 3.15. The molecule has 2 atom stereocenters. The van der Waals surface area contributed by atoms with E-state index in [1.54, 1.807) is 18.6 Å². The number of pyridine rings is 1. The van der Waals surface area contributed by atoms with Crippen LogP contribution in [0.15, 0.2) is 43.0 Å². The fourth-order valence-corrected chi connectivity index (χ4v) is 4.12. The zero-order chi connectivity index (χ0) is 16.3. The number of aliphatic hydroxyl groups excluding tert-OH is 1. The Labute approximate surface area is 138 Å². The normalized spacial score (nSPS) is 21.2. The number of imidazole rings is 1. The molecule has 0 saturated heterocycles. The smallest absolute Gasteiger partial charge is 0.123 e. The number of fused-ring (bicyclic) bond motifs is 4. The van der Waals surface area contributed by atoms with Crippen LogP contribution in [0.2, 0.25) is 0 Å². The Kier molecular flexibility index (Phi) is 2.88. The van der Waals surface area contributed by atoms with Crippen LogP contribution in [0.3, 0.4) is 0 Å². The summed E-state index contributed by atoms with van der Waals surface area (Å²) in [6, 6.07) is 6.68. The summed E-state index contributed by atoms with van der Waals surface area (Å²) in [6.07, 6.45) is 7.53. The molecule has 120 valence electrons. The van der Waals surface area contributed by atoms with E-state index in [1.807, 2.05) is 22.9 Å². The molecule has 0 saturated carbocycles. The van der Waals surface area contributed by atoms with Crippen LogP contribution in [0.5, 0.6) is 0 Å². The Morgan fingerprint density at radius 2 is 2.17 bits per heavy atom. The largest absolute Gasteiger partial charge is 0.388 e. The minimum absolute atomic E-state index is 0.166. The lowest BCUT2D eigenvalue weighted by atomic mass is 9.85. The van der Waals surface area contributed by atoms with E-state index < -0.39 is 6.10 Å². The molecule has 2 aliphatic rings. The van der Waals surface area contributed by atoms with Crippen LogP contribution < -0.4 is 0 Å². The molecule has 1 aliphatic carbocycles. The maximum absolute atomic E-state index is 13.7. The van der Waals surface area contributed by atoms with Crippen molar-refractivity contribution in [2.75, 3.05) is 0 Å². The molecule has 0 bridgehead atoms. The maximum atomic E-state index is 13.7. The molecule has 1 aromatic carbocycles. The summed E-state index contributed by atoms with van der Waals surface area (Å²) in [5.74, 6) is -0.259. The Bertz CT molecular complexity index is 950. The first-order chi connectivity index (χ1) is 11.7. The molecule has 3 heterocycles. The highest BCUT2D eigenvalue weighted by Gasteiger charge is 2.35. The van der Waals surface area contributed by atoms with Gasteiger partial charge < -0.3 is 9.67 Å². The summed E-state index contributed by atoms with van der Waals surface area (Å²) >= 11 is 0. The quantitative estimate of drug-likeness (QED) is 0.584. The van der Waals surface area contributed by atoms with Crippen LogP contribution in [0.4, 0.5) is 4.39 Å². The van der Waals surface area contributed by atoms with E-state index in [4.69, 9.17) is 0 Å². The number of nitrogens with zero attached hydrogens (tertiary/aromatic N) is 3. The molecule has 0 spiro atoms. The molecule has 4 nitrogen and oxygen atoms in total. The Hall–Kier alpha value is -2.53. The predicted molar refractivity (Wildman–Crippen MR) is 87.0 cm³/mol. The van der Waals surface area contributed by atoms with Gasteiger partial charge in [0.05, 0.1) is 30.0 Å². The SMILES string of the molecule is OC1CCCc2ccnc([C@@H]3c4ccc(F)cc4-c4cncn43)c21. The van der Waals surface area contributed by atoms with Gasteiger partial charge in [-0.15, -0.1) is 0 Å². The van der Waals surface area contributed by atoms with Gasteiger partial charge in [0.2, 0.25) is 0 Å². The average molecular weight is 321 g/mol. The van der Waals surface area contributed by atoms with Gasteiger partial charge in [-0.05, 0) is 48.6 Å². The molecule has 0 amide bonds. The van der Waals surface area contributed by atoms with Crippen LogP contribution in [-0.2, 0) is 6.42 Å². The summed E-state index contributed by atoms with van der Waals surface area (Å²) < 4.78 is 15.8. The lowest BCUT2D eigenvalue weighted by molar-refractivity contribution is 0.154. The van der Waals surface area contributed by atoms with E-state index in [9.17, 15) is 9.50 Å². The van der Waals surface area contributed by atoms with Crippen molar-refractivity contribution < 1.29 is 9.50 Å². The van der Waals surface area contributed by atoms with Gasteiger partial charge in [-0.1, -0.05) is 6.07 Å². The fraction of sp³-hybridized carbons (Fsp3) is 0.263. The van der Waals surface area contributed by atoms with Crippen molar-refractivity contribution in [1.82, 2.24) is 14.5 Å². The van der Waals surface area contributed by atoms with Gasteiger partial charge in [0, 0.05) is 17.3 Å². The third kappa shape index (κ3) is 1.82. The second kappa shape index (κ2) is 4.98. The van der Waals surface area contributed by atoms with Gasteiger partial charge in [0.15, 0.2) is 0 Å². The number of aliphatic hydroxyl groups is 1. The van der Waals surface area contributed by atoms with Crippen LogP contribution in [0.25, 0.3) is 11.3 Å². The topological polar surface area (TPSA) is 50.9 Å². The van der Waals surface area contributed by atoms with Crippen molar-refractivity contribution in [1.29, 1.82) is 0 Å². The molecule has 3 aromatic rings. The Morgan fingerprint density at radius 3 is 3.08 bits per heavy atom. The first-order valence-corrected chi connectivity index (χ1v) is 8.21. The van der Waals surface area contributed by atoms with Crippen LogP contribution >= 0.6 is 0 Å². The maximum Gasteiger partial charge on any atom is 0.123 e. The number of benzene rings is 1. The highest BCUT2D eigenvalue weighted by Crippen LogP contribution is 2.45. The van der Waals surface area contributed by atoms with Crippen LogP contribution in [0, 0.1) is 5.82 Å². The zero-order valence-electron chi connectivity index (χ0n) is 13.0. The van der Waals surface area contributed by atoms with Gasteiger partial charge >= 0.3 is 0 Å². The molecule has 5 rings (SSSR count).